The Balaban J connectivity index is 1.85. The summed E-state index contributed by atoms with van der Waals surface area (Å²) in [6, 6.07) is 5.70. The zero-order valence-electron chi connectivity index (χ0n) is 15.2. The maximum absolute atomic E-state index is 12.9. The third-order valence-corrected chi connectivity index (χ3v) is 4.62. The summed E-state index contributed by atoms with van der Waals surface area (Å²) < 4.78 is 12.5. The summed E-state index contributed by atoms with van der Waals surface area (Å²) in [5.74, 6) is 3.01. The number of benzene rings is 1. The minimum atomic E-state index is -0.0116. The molecular weight excluding hydrogens is 320 g/mol. The van der Waals surface area contributed by atoms with Crippen LogP contribution in [-0.2, 0) is 11.3 Å². The molecule has 1 atom stereocenters. The van der Waals surface area contributed by atoms with Gasteiger partial charge in [0.15, 0.2) is 0 Å². The molecule has 1 aliphatic rings. The van der Waals surface area contributed by atoms with Crippen LogP contribution < -0.4 is 9.47 Å². The fourth-order valence-electron chi connectivity index (χ4n) is 3.42. The summed E-state index contributed by atoms with van der Waals surface area (Å²) in [7, 11) is 3.28. The van der Waals surface area contributed by atoms with E-state index in [0.29, 0.717) is 5.82 Å². The first-order valence-electron chi connectivity index (χ1n) is 8.43. The first-order valence-corrected chi connectivity index (χ1v) is 8.43. The highest BCUT2D eigenvalue weighted by atomic mass is 16.5. The van der Waals surface area contributed by atoms with Crippen LogP contribution in [0, 0.1) is 13.8 Å². The zero-order chi connectivity index (χ0) is 18.0. The fourth-order valence-corrected chi connectivity index (χ4v) is 3.42. The Hall–Kier alpha value is -2.57. The van der Waals surface area contributed by atoms with Crippen molar-refractivity contribution in [3.63, 3.8) is 0 Å². The lowest BCUT2D eigenvalue weighted by atomic mass is 10.0. The van der Waals surface area contributed by atoms with Crippen LogP contribution in [0.4, 0.5) is 0 Å². The molecule has 0 radical (unpaired) electrons. The lowest BCUT2D eigenvalue weighted by Gasteiger charge is -2.26. The molecule has 0 bridgehead atoms. The number of hydrogen-bond acceptors (Lipinski definition) is 5. The Morgan fingerprint density at radius 2 is 2.08 bits per heavy atom. The summed E-state index contributed by atoms with van der Waals surface area (Å²) >= 11 is 0. The predicted molar refractivity (Wildman–Crippen MR) is 92.7 cm³/mol. The molecule has 25 heavy (non-hydrogen) atoms. The van der Waals surface area contributed by atoms with Gasteiger partial charge in [-0.05, 0) is 44.9 Å². The Labute approximate surface area is 147 Å². The van der Waals surface area contributed by atoms with Gasteiger partial charge in [-0.25, -0.2) is 9.67 Å². The molecule has 7 nitrogen and oxygen atoms in total. The van der Waals surface area contributed by atoms with E-state index in [9.17, 15) is 4.79 Å². The number of rotatable bonds is 5. The van der Waals surface area contributed by atoms with Crippen LogP contribution in [0.15, 0.2) is 18.2 Å². The third-order valence-electron chi connectivity index (χ3n) is 4.62. The van der Waals surface area contributed by atoms with Crippen molar-refractivity contribution >= 4 is 5.91 Å². The molecule has 1 aromatic heterocycles. The molecule has 0 N–H and O–H groups in total. The van der Waals surface area contributed by atoms with Crippen molar-refractivity contribution in [2.75, 3.05) is 20.8 Å². The van der Waals surface area contributed by atoms with Gasteiger partial charge in [0.2, 0.25) is 5.91 Å². The lowest BCUT2D eigenvalue weighted by molar-refractivity contribution is -0.133. The number of amides is 1. The number of hydrogen-bond donors (Lipinski definition) is 0. The van der Waals surface area contributed by atoms with Crippen LogP contribution >= 0.6 is 0 Å². The number of carbonyl (C=O) groups is 1. The molecule has 1 unspecified atom stereocenters. The Bertz CT molecular complexity index is 772. The van der Waals surface area contributed by atoms with E-state index in [0.717, 1.165) is 42.3 Å². The Morgan fingerprint density at radius 1 is 1.28 bits per heavy atom. The molecule has 0 aliphatic carbocycles. The van der Waals surface area contributed by atoms with Crippen LogP contribution in [0.2, 0.25) is 0 Å². The van der Waals surface area contributed by atoms with Gasteiger partial charge in [-0.15, -0.1) is 0 Å². The molecule has 2 aromatic rings. The van der Waals surface area contributed by atoms with Crippen molar-refractivity contribution in [2.45, 2.75) is 39.3 Å². The van der Waals surface area contributed by atoms with E-state index < -0.39 is 0 Å². The second-order valence-electron chi connectivity index (χ2n) is 6.22. The molecular formula is C18H24N4O3. The highest BCUT2D eigenvalue weighted by molar-refractivity contribution is 5.77. The van der Waals surface area contributed by atoms with Crippen molar-refractivity contribution in [1.29, 1.82) is 0 Å². The van der Waals surface area contributed by atoms with Crippen molar-refractivity contribution in [3.05, 3.63) is 35.4 Å². The van der Waals surface area contributed by atoms with E-state index in [1.807, 2.05) is 36.9 Å². The normalized spacial score (nSPS) is 17.0. The molecule has 1 saturated heterocycles. The molecule has 1 amide bonds. The van der Waals surface area contributed by atoms with Crippen molar-refractivity contribution in [2.24, 2.45) is 0 Å². The number of methoxy groups -OCH3 is 2. The number of aryl methyl sites for hydroxylation is 2. The maximum atomic E-state index is 12.9. The monoisotopic (exact) mass is 344 g/mol. The minimum absolute atomic E-state index is 0.0116. The lowest BCUT2D eigenvalue weighted by Crippen LogP contribution is -2.34. The molecule has 0 spiro atoms. The van der Waals surface area contributed by atoms with E-state index in [4.69, 9.17) is 9.47 Å². The Kier molecular flexibility index (Phi) is 4.92. The van der Waals surface area contributed by atoms with Crippen LogP contribution in [0.3, 0.4) is 0 Å². The SMILES string of the molecule is COc1ccc(OC)c(C2CCCN2C(=O)Cn2nc(C)nc2C)c1. The highest BCUT2D eigenvalue weighted by Gasteiger charge is 2.32. The Morgan fingerprint density at radius 3 is 2.72 bits per heavy atom. The zero-order valence-corrected chi connectivity index (χ0v) is 15.2. The van der Waals surface area contributed by atoms with Gasteiger partial charge < -0.3 is 14.4 Å². The summed E-state index contributed by atoms with van der Waals surface area (Å²) in [5.41, 5.74) is 0.985. The minimum Gasteiger partial charge on any atom is -0.497 e. The number of nitrogens with zero attached hydrogens (tertiary/aromatic N) is 4. The number of likely N-dealkylation sites (tertiary alicyclic amines) is 1. The number of carbonyl (C=O) groups excluding carboxylic acids is 1. The summed E-state index contributed by atoms with van der Waals surface area (Å²) in [6.45, 7) is 4.62. The molecule has 3 rings (SSSR count). The van der Waals surface area contributed by atoms with Gasteiger partial charge in [-0.2, -0.15) is 5.10 Å². The van der Waals surface area contributed by atoms with Gasteiger partial charge in [-0.3, -0.25) is 4.79 Å². The topological polar surface area (TPSA) is 69.5 Å². The second kappa shape index (κ2) is 7.13. The van der Waals surface area contributed by atoms with Gasteiger partial charge >= 0.3 is 0 Å². The molecule has 2 heterocycles. The highest BCUT2D eigenvalue weighted by Crippen LogP contribution is 2.39. The average Bonchev–Trinajstić information content (AvgIpc) is 3.21. The summed E-state index contributed by atoms with van der Waals surface area (Å²) in [5, 5.41) is 4.29. The van der Waals surface area contributed by atoms with E-state index in [1.54, 1.807) is 18.9 Å². The molecule has 134 valence electrons. The van der Waals surface area contributed by atoms with Gasteiger partial charge in [-0.1, -0.05) is 0 Å². The molecule has 7 heteroatoms. The van der Waals surface area contributed by atoms with Crippen LogP contribution in [0.1, 0.15) is 36.1 Å². The van der Waals surface area contributed by atoms with Gasteiger partial charge in [0.1, 0.15) is 29.7 Å². The van der Waals surface area contributed by atoms with E-state index in [2.05, 4.69) is 10.1 Å². The van der Waals surface area contributed by atoms with Crippen molar-refractivity contribution in [3.8, 4) is 11.5 Å². The summed E-state index contributed by atoms with van der Waals surface area (Å²) in [6.07, 6.45) is 1.87. The van der Waals surface area contributed by atoms with Crippen molar-refractivity contribution < 1.29 is 14.3 Å². The third kappa shape index (κ3) is 3.45. The first-order chi connectivity index (χ1) is 12.0. The van der Waals surface area contributed by atoms with Crippen LogP contribution in [0.5, 0.6) is 11.5 Å². The standard InChI is InChI=1S/C18H24N4O3/c1-12-19-13(2)22(20-12)11-18(23)21-9-5-6-16(21)15-10-14(24-3)7-8-17(15)25-4/h7-8,10,16H,5-6,9,11H2,1-4H3. The largest absolute Gasteiger partial charge is 0.497 e. The van der Waals surface area contributed by atoms with Crippen LogP contribution in [0.25, 0.3) is 0 Å². The number of ether oxygens (including phenoxy) is 2. The van der Waals surface area contributed by atoms with Crippen molar-refractivity contribution in [1.82, 2.24) is 19.7 Å². The number of aromatic nitrogens is 3. The molecule has 0 saturated carbocycles. The summed E-state index contributed by atoms with van der Waals surface area (Å²) in [4.78, 5) is 19.1. The maximum Gasteiger partial charge on any atom is 0.244 e. The molecule has 1 aromatic carbocycles. The van der Waals surface area contributed by atoms with E-state index >= 15 is 0 Å². The van der Waals surface area contributed by atoms with Gasteiger partial charge in [0.25, 0.3) is 0 Å². The van der Waals surface area contributed by atoms with Crippen LogP contribution in [-0.4, -0.2) is 46.3 Å². The smallest absolute Gasteiger partial charge is 0.244 e. The van der Waals surface area contributed by atoms with Gasteiger partial charge in [0, 0.05) is 12.1 Å². The van der Waals surface area contributed by atoms with E-state index in [-0.39, 0.29) is 18.5 Å². The average molecular weight is 344 g/mol. The predicted octanol–water partition coefficient (Wildman–Crippen LogP) is 2.28. The van der Waals surface area contributed by atoms with E-state index in [1.165, 1.54) is 0 Å². The van der Waals surface area contributed by atoms with Gasteiger partial charge in [0.05, 0.1) is 20.3 Å². The quantitative estimate of drug-likeness (QED) is 0.832. The molecule has 1 aliphatic heterocycles. The molecule has 1 fully saturated rings. The second-order valence-corrected chi connectivity index (χ2v) is 6.22. The first kappa shape index (κ1) is 17.3. The fraction of sp³-hybridized carbons (Fsp3) is 0.500.